The number of allylic oxidation sites excluding steroid dienone is 1. The Hall–Kier alpha value is -1.46. The van der Waals surface area contributed by atoms with E-state index in [0.29, 0.717) is 6.42 Å². The molecule has 2 unspecified atom stereocenters. The number of hydrogen-bond acceptors (Lipinski definition) is 4. The minimum absolute atomic E-state index is 0.235. The van der Waals surface area contributed by atoms with Gasteiger partial charge in [-0.2, -0.15) is 0 Å². The van der Waals surface area contributed by atoms with Crippen LogP contribution in [0.2, 0.25) is 0 Å². The van der Waals surface area contributed by atoms with E-state index in [4.69, 9.17) is 9.84 Å². The van der Waals surface area contributed by atoms with Gasteiger partial charge in [0.15, 0.2) is 0 Å². The van der Waals surface area contributed by atoms with E-state index in [1.807, 2.05) is 56.3 Å². The number of carboxylic acids is 1. The summed E-state index contributed by atoms with van der Waals surface area (Å²) >= 11 is 3.61. The standard InChI is InChI=1S/C8H12O3.C6H6OS.C2H6/c1-11-7-5-3-2-4-6(7)8(9)10;8-7-6-4-2-1-3-5-6;1-2/h3,5-7H,2,4H2,1H3,(H,9,10);1-5,8H;1-2H3. The van der Waals surface area contributed by atoms with E-state index in [0.717, 1.165) is 12.2 Å². The zero-order chi connectivity index (χ0) is 16.1. The van der Waals surface area contributed by atoms with Gasteiger partial charge in [-0.1, -0.05) is 44.2 Å². The van der Waals surface area contributed by atoms with Crippen molar-refractivity contribution in [3.63, 3.8) is 0 Å². The molecule has 4 nitrogen and oxygen atoms in total. The maximum absolute atomic E-state index is 10.6. The monoisotopic (exact) mass is 312 g/mol. The summed E-state index contributed by atoms with van der Waals surface area (Å²) in [5, 5.41) is 8.73. The lowest BCUT2D eigenvalue weighted by molar-refractivity contribution is -0.145. The van der Waals surface area contributed by atoms with Crippen molar-refractivity contribution in [1.29, 1.82) is 0 Å². The first kappa shape index (κ1) is 19.5. The Morgan fingerprint density at radius 3 is 2.29 bits per heavy atom. The first-order chi connectivity index (χ1) is 10.2. The molecule has 5 heteroatoms. The van der Waals surface area contributed by atoms with Crippen molar-refractivity contribution in [3.05, 3.63) is 42.5 Å². The summed E-state index contributed by atoms with van der Waals surface area (Å²) < 4.78 is 9.61. The number of para-hydroxylation sites is 1. The van der Waals surface area contributed by atoms with Crippen molar-refractivity contribution in [2.24, 2.45) is 5.92 Å². The second-order valence-electron chi connectivity index (χ2n) is 4.05. The zero-order valence-corrected chi connectivity index (χ0v) is 13.6. The molecule has 0 spiro atoms. The number of benzene rings is 1. The van der Waals surface area contributed by atoms with Gasteiger partial charge in [0.2, 0.25) is 0 Å². The topological polar surface area (TPSA) is 55.8 Å². The molecule has 118 valence electrons. The van der Waals surface area contributed by atoms with Crippen molar-refractivity contribution in [1.82, 2.24) is 0 Å². The van der Waals surface area contributed by atoms with Crippen LogP contribution in [-0.4, -0.2) is 24.3 Å². The molecule has 2 atom stereocenters. The number of carbonyl (C=O) groups is 1. The molecule has 0 aromatic heterocycles. The lowest BCUT2D eigenvalue weighted by atomic mass is 9.92. The summed E-state index contributed by atoms with van der Waals surface area (Å²) in [6, 6.07) is 9.40. The Kier molecular flexibility index (Phi) is 11.4. The van der Waals surface area contributed by atoms with Gasteiger partial charge in [-0.3, -0.25) is 4.79 Å². The van der Waals surface area contributed by atoms with E-state index >= 15 is 0 Å². The van der Waals surface area contributed by atoms with Gasteiger partial charge in [-0.15, -0.1) is 0 Å². The molecule has 0 saturated carbocycles. The first-order valence-electron chi connectivity index (χ1n) is 6.97. The summed E-state index contributed by atoms with van der Waals surface area (Å²) in [4.78, 5) is 10.6. The summed E-state index contributed by atoms with van der Waals surface area (Å²) in [5.41, 5.74) is 0. The Bertz CT molecular complexity index is 406. The maximum Gasteiger partial charge on any atom is 0.309 e. The van der Waals surface area contributed by atoms with Crippen LogP contribution in [0.3, 0.4) is 0 Å². The number of hydrogen-bond donors (Lipinski definition) is 2. The van der Waals surface area contributed by atoms with Crippen LogP contribution in [0.25, 0.3) is 0 Å². The molecule has 1 aromatic carbocycles. The third-order valence-electron chi connectivity index (χ3n) is 2.80. The highest BCUT2D eigenvalue weighted by molar-refractivity contribution is 7.75. The van der Waals surface area contributed by atoms with E-state index < -0.39 is 5.97 Å². The van der Waals surface area contributed by atoms with E-state index in [2.05, 4.69) is 17.1 Å². The summed E-state index contributed by atoms with van der Waals surface area (Å²) in [6.07, 6.45) is 5.08. The van der Waals surface area contributed by atoms with Crippen LogP contribution >= 0.6 is 12.9 Å². The highest BCUT2D eigenvalue weighted by Crippen LogP contribution is 2.20. The quantitative estimate of drug-likeness (QED) is 0.503. The first-order valence-corrected chi connectivity index (χ1v) is 7.34. The molecular formula is C16H24O4S. The number of aliphatic carboxylic acids is 1. The molecule has 0 fully saturated rings. The van der Waals surface area contributed by atoms with Gasteiger partial charge in [-0.25, -0.2) is 0 Å². The van der Waals surface area contributed by atoms with Gasteiger partial charge < -0.3 is 14.0 Å². The van der Waals surface area contributed by atoms with E-state index in [-0.39, 0.29) is 12.0 Å². The molecule has 0 bridgehead atoms. The molecule has 1 N–H and O–H groups in total. The van der Waals surface area contributed by atoms with E-state index in [1.54, 1.807) is 0 Å². The van der Waals surface area contributed by atoms with Crippen molar-refractivity contribution in [3.8, 4) is 5.75 Å². The largest absolute Gasteiger partial charge is 0.481 e. The summed E-state index contributed by atoms with van der Waals surface area (Å²) in [5.74, 6) is -0.345. The van der Waals surface area contributed by atoms with Crippen LogP contribution in [0.5, 0.6) is 5.75 Å². The van der Waals surface area contributed by atoms with Gasteiger partial charge in [-0.05, 0) is 25.0 Å². The average molecular weight is 312 g/mol. The number of carboxylic acid groups (broad SMARTS) is 1. The van der Waals surface area contributed by atoms with Gasteiger partial charge >= 0.3 is 5.97 Å². The molecular weight excluding hydrogens is 288 g/mol. The second-order valence-corrected chi connectivity index (χ2v) is 4.24. The maximum atomic E-state index is 10.6. The fourth-order valence-electron chi connectivity index (χ4n) is 1.79. The van der Waals surface area contributed by atoms with Crippen LogP contribution < -0.4 is 4.18 Å². The van der Waals surface area contributed by atoms with Crippen LogP contribution in [0.4, 0.5) is 0 Å². The predicted molar refractivity (Wildman–Crippen MR) is 87.7 cm³/mol. The van der Waals surface area contributed by atoms with Gasteiger partial charge in [0.1, 0.15) is 5.75 Å². The van der Waals surface area contributed by atoms with Gasteiger partial charge in [0.05, 0.1) is 12.0 Å². The number of rotatable bonds is 3. The molecule has 0 aliphatic heterocycles. The second kappa shape index (κ2) is 12.3. The van der Waals surface area contributed by atoms with Crippen LogP contribution in [0.1, 0.15) is 26.7 Å². The molecule has 21 heavy (non-hydrogen) atoms. The predicted octanol–water partition coefficient (Wildman–Crippen LogP) is 3.99. The van der Waals surface area contributed by atoms with Crippen LogP contribution in [0, 0.1) is 5.92 Å². The lowest BCUT2D eigenvalue weighted by Gasteiger charge is -2.22. The number of thiol groups is 1. The Morgan fingerprint density at radius 1 is 1.29 bits per heavy atom. The van der Waals surface area contributed by atoms with Gasteiger partial charge in [0.25, 0.3) is 0 Å². The summed E-state index contributed by atoms with van der Waals surface area (Å²) in [6.45, 7) is 4.00. The molecule has 1 aromatic rings. The third-order valence-corrected chi connectivity index (χ3v) is 3.02. The molecule has 2 rings (SSSR count). The molecule has 0 saturated heterocycles. The third kappa shape index (κ3) is 7.78. The van der Waals surface area contributed by atoms with E-state index in [9.17, 15) is 4.79 Å². The van der Waals surface area contributed by atoms with Crippen LogP contribution in [-0.2, 0) is 9.53 Å². The average Bonchev–Trinajstić information content (AvgIpc) is 2.58. The molecule has 0 heterocycles. The summed E-state index contributed by atoms with van der Waals surface area (Å²) in [7, 11) is 1.54. The molecule has 0 amide bonds. The number of methoxy groups -OCH3 is 1. The Morgan fingerprint density at radius 2 is 1.90 bits per heavy atom. The highest BCUT2D eigenvalue weighted by Gasteiger charge is 2.27. The highest BCUT2D eigenvalue weighted by atomic mass is 32.1. The fraction of sp³-hybridized carbons (Fsp3) is 0.438. The Balaban J connectivity index is 0.000000354. The van der Waals surface area contributed by atoms with Gasteiger partial charge in [0, 0.05) is 20.0 Å². The van der Waals surface area contributed by atoms with Crippen molar-refractivity contribution >= 4 is 18.9 Å². The van der Waals surface area contributed by atoms with Crippen LogP contribution in [0.15, 0.2) is 42.5 Å². The zero-order valence-electron chi connectivity index (χ0n) is 12.7. The van der Waals surface area contributed by atoms with E-state index in [1.165, 1.54) is 7.11 Å². The molecule has 1 aliphatic carbocycles. The molecule has 0 radical (unpaired) electrons. The normalized spacial score (nSPS) is 19.4. The molecule has 1 aliphatic rings. The number of ether oxygens (including phenoxy) is 1. The minimum atomic E-state index is -0.763. The Labute approximate surface area is 132 Å². The van der Waals surface area contributed by atoms with Crippen molar-refractivity contribution in [2.45, 2.75) is 32.8 Å². The fourth-order valence-corrected chi connectivity index (χ4v) is 1.91. The lowest BCUT2D eigenvalue weighted by Crippen LogP contribution is -2.29. The minimum Gasteiger partial charge on any atom is -0.481 e. The van der Waals surface area contributed by atoms with Crippen molar-refractivity contribution in [2.75, 3.05) is 7.11 Å². The SMILES string of the molecule is CC.COC1C=CCCC1C(=O)O.SOc1ccccc1. The smallest absolute Gasteiger partial charge is 0.309 e. The van der Waals surface area contributed by atoms with Crippen molar-refractivity contribution < 1.29 is 18.8 Å².